The molecular formula is C21H37NO3Si. The number of rotatable bonds is 4. The van der Waals surface area contributed by atoms with Crippen LogP contribution >= 0.6 is 0 Å². The van der Waals surface area contributed by atoms with Gasteiger partial charge < -0.3 is 14.0 Å². The van der Waals surface area contributed by atoms with Gasteiger partial charge in [-0.1, -0.05) is 24.6 Å². The minimum absolute atomic E-state index is 0.109. The fourth-order valence-electron chi connectivity index (χ4n) is 5.09. The number of hydrogen-bond donors (Lipinski definition) is 1. The van der Waals surface area contributed by atoms with Gasteiger partial charge in [0.1, 0.15) is 0 Å². The van der Waals surface area contributed by atoms with Gasteiger partial charge in [-0.25, -0.2) is 0 Å². The summed E-state index contributed by atoms with van der Waals surface area (Å²) in [6.45, 7) is 15.0. The maximum absolute atomic E-state index is 10.8. The van der Waals surface area contributed by atoms with Gasteiger partial charge in [0.05, 0.1) is 17.8 Å². The third-order valence-electron chi connectivity index (χ3n) is 6.16. The zero-order valence-electron chi connectivity index (χ0n) is 17.4. The normalized spacial score (nSPS) is 40.8. The Labute approximate surface area is 160 Å². The molecule has 0 aromatic heterocycles. The molecule has 0 aromatic rings. The Kier molecular flexibility index (Phi) is 5.86. The zero-order valence-corrected chi connectivity index (χ0v) is 18.4. The Balaban J connectivity index is 1.60. The molecule has 3 aliphatic rings. The third-order valence-corrected chi connectivity index (χ3v) is 7.92. The van der Waals surface area contributed by atoms with E-state index in [2.05, 4.69) is 50.9 Å². The van der Waals surface area contributed by atoms with E-state index in [1.54, 1.807) is 0 Å². The predicted octanol–water partition coefficient (Wildman–Crippen LogP) is 4.01. The van der Waals surface area contributed by atoms with E-state index in [9.17, 15) is 5.11 Å². The number of fused-ring (bicyclic) bond motifs is 1. The summed E-state index contributed by atoms with van der Waals surface area (Å²) in [5.74, 6) is 0.470. The zero-order chi connectivity index (χ0) is 19.1. The highest BCUT2D eigenvalue weighted by Gasteiger charge is 2.44. The van der Waals surface area contributed by atoms with Gasteiger partial charge in [-0.3, -0.25) is 4.90 Å². The Morgan fingerprint density at radius 2 is 2.15 bits per heavy atom. The number of piperidine rings is 1. The average molecular weight is 380 g/mol. The standard InChI is InChI=1S/C21H37NO3Si/c1-15(9-10-16(2)20-17(3)24-26(5,6)25-20)12-18-13-21(4,23)19-8-7-11-22(19)14-18/h10,12,15,17,19-20,23H,7-9,11,13-14H2,1-6H3/b16-10+,18-12-. The van der Waals surface area contributed by atoms with Crippen LogP contribution in [0.3, 0.4) is 0 Å². The Hall–Kier alpha value is -0.463. The number of nitrogens with zero attached hydrogens (tertiary/aromatic N) is 1. The lowest BCUT2D eigenvalue weighted by Crippen LogP contribution is -2.52. The monoisotopic (exact) mass is 379 g/mol. The molecule has 0 saturated carbocycles. The first-order chi connectivity index (χ1) is 12.1. The minimum atomic E-state index is -1.94. The van der Waals surface area contributed by atoms with Crippen molar-refractivity contribution < 1.29 is 14.0 Å². The van der Waals surface area contributed by atoms with Gasteiger partial charge in [-0.15, -0.1) is 0 Å². The average Bonchev–Trinajstić information content (AvgIpc) is 3.08. The molecule has 0 aromatic carbocycles. The maximum Gasteiger partial charge on any atom is 0.332 e. The van der Waals surface area contributed by atoms with Crippen LogP contribution in [0.25, 0.3) is 0 Å². The second-order valence-corrected chi connectivity index (χ2v) is 12.7. The summed E-state index contributed by atoms with van der Waals surface area (Å²) in [5, 5.41) is 10.8. The van der Waals surface area contributed by atoms with E-state index in [-0.39, 0.29) is 12.2 Å². The minimum Gasteiger partial charge on any atom is -0.389 e. The van der Waals surface area contributed by atoms with Crippen LogP contribution < -0.4 is 0 Å². The van der Waals surface area contributed by atoms with Gasteiger partial charge in [0.2, 0.25) is 0 Å². The molecular weight excluding hydrogens is 342 g/mol. The van der Waals surface area contributed by atoms with Crippen molar-refractivity contribution in [2.75, 3.05) is 13.1 Å². The Morgan fingerprint density at radius 3 is 2.81 bits per heavy atom. The van der Waals surface area contributed by atoms with Crippen molar-refractivity contribution in [3.8, 4) is 0 Å². The van der Waals surface area contributed by atoms with E-state index in [4.69, 9.17) is 8.85 Å². The first-order valence-electron chi connectivity index (χ1n) is 10.3. The van der Waals surface area contributed by atoms with Gasteiger partial charge in [0.15, 0.2) is 0 Å². The van der Waals surface area contributed by atoms with E-state index in [1.165, 1.54) is 17.6 Å². The van der Waals surface area contributed by atoms with Crippen LogP contribution in [-0.4, -0.2) is 55.5 Å². The molecule has 5 heteroatoms. The SMILES string of the molecule is C/C(=C\CC(C)/C=C1\CN2CCCC2C(C)(O)C1)C1O[Si](C)(C)OC1C. The summed E-state index contributed by atoms with van der Waals surface area (Å²) < 4.78 is 12.2. The molecule has 0 spiro atoms. The van der Waals surface area contributed by atoms with Crippen LogP contribution in [0, 0.1) is 5.92 Å². The molecule has 3 aliphatic heterocycles. The summed E-state index contributed by atoms with van der Waals surface area (Å²) in [5.41, 5.74) is 2.11. The second-order valence-electron chi connectivity index (χ2n) is 9.41. The summed E-state index contributed by atoms with van der Waals surface area (Å²) in [6.07, 6.45) is 9.15. The predicted molar refractivity (Wildman–Crippen MR) is 108 cm³/mol. The van der Waals surface area contributed by atoms with Gasteiger partial charge in [-0.2, -0.15) is 0 Å². The van der Waals surface area contributed by atoms with E-state index >= 15 is 0 Å². The lowest BCUT2D eigenvalue weighted by molar-refractivity contribution is -0.0330. The fourth-order valence-corrected chi connectivity index (χ4v) is 7.15. The Bertz CT molecular complexity index is 584. The van der Waals surface area contributed by atoms with Crippen LogP contribution in [0.4, 0.5) is 0 Å². The Morgan fingerprint density at radius 1 is 1.42 bits per heavy atom. The fraction of sp³-hybridized carbons (Fsp3) is 0.810. The van der Waals surface area contributed by atoms with Crippen molar-refractivity contribution in [1.82, 2.24) is 4.90 Å². The highest BCUT2D eigenvalue weighted by atomic mass is 28.4. The van der Waals surface area contributed by atoms with E-state index < -0.39 is 14.2 Å². The van der Waals surface area contributed by atoms with Crippen molar-refractivity contribution in [1.29, 1.82) is 0 Å². The molecule has 0 aliphatic carbocycles. The summed E-state index contributed by atoms with van der Waals surface area (Å²) >= 11 is 0. The van der Waals surface area contributed by atoms with Crippen molar-refractivity contribution >= 4 is 8.56 Å². The van der Waals surface area contributed by atoms with Crippen LogP contribution in [0.2, 0.25) is 13.1 Å². The molecule has 1 N–H and O–H groups in total. The smallest absolute Gasteiger partial charge is 0.332 e. The molecule has 26 heavy (non-hydrogen) atoms. The number of allylic oxidation sites excluding steroid dienone is 2. The van der Waals surface area contributed by atoms with Crippen LogP contribution in [-0.2, 0) is 8.85 Å². The first kappa shape index (κ1) is 20.3. The van der Waals surface area contributed by atoms with Crippen LogP contribution in [0.5, 0.6) is 0 Å². The quantitative estimate of drug-likeness (QED) is 0.592. The van der Waals surface area contributed by atoms with E-state index in [0.29, 0.717) is 12.0 Å². The molecule has 4 nitrogen and oxygen atoms in total. The highest BCUT2D eigenvalue weighted by molar-refractivity contribution is 6.65. The van der Waals surface area contributed by atoms with Crippen LogP contribution in [0.1, 0.15) is 53.4 Å². The van der Waals surface area contributed by atoms with Gasteiger partial charge in [0, 0.05) is 12.6 Å². The molecule has 0 bridgehead atoms. The highest BCUT2D eigenvalue weighted by Crippen LogP contribution is 2.37. The third kappa shape index (κ3) is 4.50. The molecule has 0 radical (unpaired) electrons. The number of aliphatic hydroxyl groups is 1. The molecule has 0 amide bonds. The largest absolute Gasteiger partial charge is 0.389 e. The summed E-state index contributed by atoms with van der Waals surface area (Å²) in [4.78, 5) is 2.47. The molecule has 148 valence electrons. The van der Waals surface area contributed by atoms with Crippen molar-refractivity contribution in [3.63, 3.8) is 0 Å². The lowest BCUT2D eigenvalue weighted by Gasteiger charge is -2.43. The summed E-state index contributed by atoms with van der Waals surface area (Å²) in [7, 11) is -1.94. The van der Waals surface area contributed by atoms with Crippen molar-refractivity contribution in [3.05, 3.63) is 23.3 Å². The van der Waals surface area contributed by atoms with Gasteiger partial charge >= 0.3 is 8.56 Å². The molecule has 3 fully saturated rings. The molecule has 5 atom stereocenters. The van der Waals surface area contributed by atoms with Gasteiger partial charge in [0.25, 0.3) is 0 Å². The van der Waals surface area contributed by atoms with Crippen molar-refractivity contribution in [2.45, 2.75) is 90.3 Å². The maximum atomic E-state index is 10.8. The molecule has 3 rings (SSSR count). The van der Waals surface area contributed by atoms with Gasteiger partial charge in [-0.05, 0) is 77.6 Å². The van der Waals surface area contributed by atoms with E-state index in [1.807, 2.05) is 6.92 Å². The second kappa shape index (κ2) is 7.51. The van der Waals surface area contributed by atoms with Crippen LogP contribution in [0.15, 0.2) is 23.3 Å². The molecule has 5 unspecified atom stereocenters. The van der Waals surface area contributed by atoms with Crippen molar-refractivity contribution in [2.24, 2.45) is 5.92 Å². The topological polar surface area (TPSA) is 41.9 Å². The van der Waals surface area contributed by atoms with E-state index in [0.717, 1.165) is 32.4 Å². The summed E-state index contributed by atoms with van der Waals surface area (Å²) in [6, 6.07) is 0.352. The molecule has 3 saturated heterocycles. The lowest BCUT2D eigenvalue weighted by atomic mass is 9.82. The number of hydrogen-bond acceptors (Lipinski definition) is 4. The molecule has 3 heterocycles. The first-order valence-corrected chi connectivity index (χ1v) is 13.1.